The summed E-state index contributed by atoms with van der Waals surface area (Å²) in [5.41, 5.74) is 15.8. The molecule has 1 aliphatic carbocycles. The standard InChI is InChI=1S/C61H38N2O3/c1-2-16-39(17-3-1)62(43-32-34-48-46-22-6-11-29-55(46)64-59(48)38-43)40-18-14-19-41(36-40)63(54-28-15-24-49-47-23-7-12-30-56(47)66-60(49)54)42-33-35-58-53(37-42)61(52-27-10-13-31-57(52)65-58)50-25-8-4-20-44(50)45-21-5-9-26-51(45)61/h1-38H. The Morgan fingerprint density at radius 3 is 1.62 bits per heavy atom. The van der Waals surface area contributed by atoms with Gasteiger partial charge in [0.2, 0.25) is 0 Å². The van der Waals surface area contributed by atoms with Gasteiger partial charge in [0.15, 0.2) is 5.58 Å². The maximum absolute atomic E-state index is 6.90. The number of ether oxygens (including phenoxy) is 1. The summed E-state index contributed by atoms with van der Waals surface area (Å²) in [6.45, 7) is 0. The van der Waals surface area contributed by atoms with Gasteiger partial charge in [0.05, 0.1) is 11.1 Å². The lowest BCUT2D eigenvalue weighted by molar-refractivity contribution is 0.436. The van der Waals surface area contributed by atoms with Gasteiger partial charge in [0.25, 0.3) is 0 Å². The molecule has 0 bridgehead atoms. The topological polar surface area (TPSA) is 42.0 Å². The molecular weight excluding hydrogens is 809 g/mol. The molecule has 0 saturated carbocycles. The minimum Gasteiger partial charge on any atom is -0.457 e. The first-order valence-corrected chi connectivity index (χ1v) is 22.4. The van der Waals surface area contributed by atoms with E-state index < -0.39 is 5.41 Å². The summed E-state index contributed by atoms with van der Waals surface area (Å²) in [7, 11) is 0. The zero-order valence-corrected chi connectivity index (χ0v) is 35.6. The second kappa shape index (κ2) is 14.1. The van der Waals surface area contributed by atoms with Gasteiger partial charge in [0.1, 0.15) is 28.2 Å². The molecule has 10 aromatic carbocycles. The number of para-hydroxylation sites is 5. The number of anilines is 6. The highest BCUT2D eigenvalue weighted by Gasteiger charge is 2.51. The molecular formula is C61H38N2O3. The number of furan rings is 2. The SMILES string of the molecule is c1ccc(N(c2cccc(N(c3ccc4c(c3)C3(c5ccccc5O4)c4ccccc4-c4ccccc43)c3cccc4c3oc3ccccc34)c2)c2ccc3c(c2)oc2ccccc23)cc1. The molecule has 0 atom stereocenters. The van der Waals surface area contributed by atoms with Crippen LogP contribution in [-0.2, 0) is 5.41 Å². The van der Waals surface area contributed by atoms with E-state index in [1.807, 2.05) is 24.3 Å². The Balaban J connectivity index is 1.02. The molecule has 1 spiro atoms. The summed E-state index contributed by atoms with van der Waals surface area (Å²) < 4.78 is 20.2. The predicted octanol–water partition coefficient (Wildman–Crippen LogP) is 16.9. The molecule has 2 aliphatic rings. The minimum absolute atomic E-state index is 0.633. The van der Waals surface area contributed by atoms with Gasteiger partial charge >= 0.3 is 0 Å². The number of nitrogens with zero attached hydrogens (tertiary/aromatic N) is 2. The summed E-state index contributed by atoms with van der Waals surface area (Å²) in [4.78, 5) is 4.65. The van der Waals surface area contributed by atoms with E-state index in [2.05, 4.69) is 216 Å². The van der Waals surface area contributed by atoms with Gasteiger partial charge in [-0.3, -0.25) is 0 Å². The molecule has 2 aromatic heterocycles. The summed E-state index contributed by atoms with van der Waals surface area (Å²) >= 11 is 0. The van der Waals surface area contributed by atoms with Crippen LogP contribution in [0.5, 0.6) is 11.5 Å². The van der Waals surface area contributed by atoms with Crippen LogP contribution in [0, 0.1) is 0 Å². The molecule has 0 saturated heterocycles. The van der Waals surface area contributed by atoms with Gasteiger partial charge in [-0.1, -0.05) is 140 Å². The highest BCUT2D eigenvalue weighted by molar-refractivity contribution is 6.11. The highest BCUT2D eigenvalue weighted by atomic mass is 16.5. The van der Waals surface area contributed by atoms with Gasteiger partial charge in [-0.25, -0.2) is 0 Å². The van der Waals surface area contributed by atoms with Crippen LogP contribution < -0.4 is 14.5 Å². The van der Waals surface area contributed by atoms with E-state index in [0.29, 0.717) is 0 Å². The van der Waals surface area contributed by atoms with Crippen LogP contribution in [0.25, 0.3) is 55.0 Å². The van der Waals surface area contributed by atoms with Crippen molar-refractivity contribution in [3.8, 4) is 22.6 Å². The van der Waals surface area contributed by atoms with Crippen molar-refractivity contribution in [1.82, 2.24) is 0 Å². The molecule has 5 heteroatoms. The maximum atomic E-state index is 6.90. The molecule has 12 aromatic rings. The second-order valence-corrected chi connectivity index (χ2v) is 17.2. The third-order valence-corrected chi connectivity index (χ3v) is 13.7. The van der Waals surface area contributed by atoms with Crippen molar-refractivity contribution in [1.29, 1.82) is 0 Å². The second-order valence-electron chi connectivity index (χ2n) is 17.2. The van der Waals surface area contributed by atoms with Crippen LogP contribution >= 0.6 is 0 Å². The monoisotopic (exact) mass is 846 g/mol. The Bertz CT molecular complexity index is 3860. The van der Waals surface area contributed by atoms with Crippen LogP contribution in [0.2, 0.25) is 0 Å². The summed E-state index contributed by atoms with van der Waals surface area (Å²) in [6, 6.07) is 81.8. The van der Waals surface area contributed by atoms with Crippen molar-refractivity contribution in [2.24, 2.45) is 0 Å². The molecule has 14 rings (SSSR count). The van der Waals surface area contributed by atoms with Crippen molar-refractivity contribution < 1.29 is 13.6 Å². The van der Waals surface area contributed by atoms with Gasteiger partial charge in [0, 0.05) is 67.2 Å². The van der Waals surface area contributed by atoms with E-state index in [4.69, 9.17) is 13.6 Å². The molecule has 0 radical (unpaired) electrons. The van der Waals surface area contributed by atoms with Crippen LogP contribution in [-0.4, -0.2) is 0 Å². The number of hydrogen-bond donors (Lipinski definition) is 0. The molecule has 310 valence electrons. The lowest BCUT2D eigenvalue weighted by Crippen LogP contribution is -2.32. The average molecular weight is 847 g/mol. The first kappa shape index (κ1) is 36.7. The fourth-order valence-electron chi connectivity index (χ4n) is 11.0. The van der Waals surface area contributed by atoms with E-state index in [0.717, 1.165) is 101 Å². The van der Waals surface area contributed by atoms with Gasteiger partial charge in [-0.15, -0.1) is 0 Å². The van der Waals surface area contributed by atoms with Crippen LogP contribution in [0.15, 0.2) is 239 Å². The van der Waals surface area contributed by atoms with Gasteiger partial charge < -0.3 is 23.4 Å². The van der Waals surface area contributed by atoms with E-state index in [-0.39, 0.29) is 0 Å². The maximum Gasteiger partial charge on any atom is 0.159 e. The number of benzene rings is 10. The minimum atomic E-state index is -0.633. The smallest absolute Gasteiger partial charge is 0.159 e. The predicted molar refractivity (Wildman–Crippen MR) is 268 cm³/mol. The Hall–Kier alpha value is -8.80. The Morgan fingerprint density at radius 1 is 0.303 bits per heavy atom. The molecule has 0 amide bonds. The first-order chi connectivity index (χ1) is 32.7. The lowest BCUT2D eigenvalue weighted by Gasteiger charge is -2.40. The number of rotatable bonds is 6. The fourth-order valence-corrected chi connectivity index (χ4v) is 11.0. The molecule has 1 aliphatic heterocycles. The summed E-state index contributed by atoms with van der Waals surface area (Å²) in [5.74, 6) is 1.69. The number of fused-ring (bicyclic) bond motifs is 15. The van der Waals surface area contributed by atoms with Crippen molar-refractivity contribution >= 4 is 78.0 Å². The quantitative estimate of drug-likeness (QED) is 0.167. The van der Waals surface area contributed by atoms with Gasteiger partial charge in [-0.2, -0.15) is 0 Å². The molecule has 0 unspecified atom stereocenters. The number of hydrogen-bond acceptors (Lipinski definition) is 5. The lowest BCUT2D eigenvalue weighted by atomic mass is 9.66. The van der Waals surface area contributed by atoms with Crippen molar-refractivity contribution in [3.63, 3.8) is 0 Å². The van der Waals surface area contributed by atoms with Gasteiger partial charge in [-0.05, 0) is 107 Å². The fraction of sp³-hybridized carbons (Fsp3) is 0.0164. The highest BCUT2D eigenvalue weighted by Crippen LogP contribution is 2.62. The molecule has 66 heavy (non-hydrogen) atoms. The molecule has 0 fully saturated rings. The molecule has 5 nitrogen and oxygen atoms in total. The first-order valence-electron chi connectivity index (χ1n) is 22.4. The van der Waals surface area contributed by atoms with E-state index in [1.54, 1.807) is 0 Å². The molecule has 3 heterocycles. The summed E-state index contributed by atoms with van der Waals surface area (Å²) in [6.07, 6.45) is 0. The van der Waals surface area contributed by atoms with Crippen LogP contribution in [0.1, 0.15) is 22.3 Å². The van der Waals surface area contributed by atoms with E-state index in [1.165, 1.54) is 22.3 Å². The van der Waals surface area contributed by atoms with Crippen molar-refractivity contribution in [2.75, 3.05) is 9.80 Å². The average Bonchev–Trinajstić information content (AvgIpc) is 4.04. The van der Waals surface area contributed by atoms with E-state index >= 15 is 0 Å². The van der Waals surface area contributed by atoms with Crippen molar-refractivity contribution in [3.05, 3.63) is 253 Å². The van der Waals surface area contributed by atoms with E-state index in [9.17, 15) is 0 Å². The third kappa shape index (κ3) is 5.22. The molecule has 0 N–H and O–H groups in total. The Labute approximate surface area is 380 Å². The summed E-state index contributed by atoms with van der Waals surface area (Å²) in [5, 5.41) is 4.33. The zero-order valence-electron chi connectivity index (χ0n) is 35.6. The Kier molecular flexibility index (Phi) is 7.83. The third-order valence-electron chi connectivity index (χ3n) is 13.7. The Morgan fingerprint density at radius 2 is 0.833 bits per heavy atom. The zero-order chi connectivity index (χ0) is 43.3. The van der Waals surface area contributed by atoms with Crippen LogP contribution in [0.4, 0.5) is 34.1 Å². The van der Waals surface area contributed by atoms with Crippen molar-refractivity contribution in [2.45, 2.75) is 5.41 Å². The largest absolute Gasteiger partial charge is 0.457 e. The normalized spacial score (nSPS) is 13.1. The van der Waals surface area contributed by atoms with Crippen LogP contribution in [0.3, 0.4) is 0 Å².